The molecule has 1 aliphatic rings. The summed E-state index contributed by atoms with van der Waals surface area (Å²) in [6.07, 6.45) is 10.9. The van der Waals surface area contributed by atoms with Crippen LogP contribution in [0.5, 0.6) is 0 Å². The van der Waals surface area contributed by atoms with E-state index in [0.717, 1.165) is 5.92 Å². The minimum absolute atomic E-state index is 0.528. The lowest BCUT2D eigenvalue weighted by molar-refractivity contribution is 0.443. The van der Waals surface area contributed by atoms with Crippen LogP contribution in [0, 0.1) is 0 Å². The molecule has 1 heteroatoms. The number of benzene rings is 1. The molecule has 19 heavy (non-hydrogen) atoms. The Bertz CT molecular complexity index is 348. The molecule has 0 saturated heterocycles. The normalized spacial score (nSPS) is 18.4. The lowest BCUT2D eigenvalue weighted by atomic mass is 9.83. The zero-order valence-corrected chi connectivity index (χ0v) is 12.6. The molecule has 1 saturated carbocycles. The van der Waals surface area contributed by atoms with Gasteiger partial charge in [-0.1, -0.05) is 63.3 Å². The van der Waals surface area contributed by atoms with Crippen LogP contribution in [-0.4, -0.2) is 7.05 Å². The van der Waals surface area contributed by atoms with Crippen molar-refractivity contribution in [1.29, 1.82) is 0 Å². The van der Waals surface area contributed by atoms with Crippen LogP contribution in [-0.2, 0) is 0 Å². The Morgan fingerprint density at radius 2 is 1.79 bits per heavy atom. The molecule has 1 atom stereocenters. The van der Waals surface area contributed by atoms with Crippen LogP contribution in [0.2, 0.25) is 0 Å². The number of hydrogen-bond acceptors (Lipinski definition) is 1. The van der Waals surface area contributed by atoms with Gasteiger partial charge in [-0.15, -0.1) is 0 Å². The minimum atomic E-state index is 0.528. The molecule has 1 aromatic rings. The fourth-order valence-electron chi connectivity index (χ4n) is 3.32. The summed E-state index contributed by atoms with van der Waals surface area (Å²) >= 11 is 0. The van der Waals surface area contributed by atoms with Crippen LogP contribution in [0.3, 0.4) is 0 Å². The quantitative estimate of drug-likeness (QED) is 0.741. The molecule has 1 fully saturated rings. The second-order valence-corrected chi connectivity index (χ2v) is 5.99. The molecule has 0 amide bonds. The highest BCUT2D eigenvalue weighted by molar-refractivity contribution is 5.27. The first-order chi connectivity index (χ1) is 9.35. The van der Waals surface area contributed by atoms with E-state index in [1.54, 1.807) is 5.56 Å². The summed E-state index contributed by atoms with van der Waals surface area (Å²) in [6.45, 7) is 2.26. The molecular weight excluding hydrogens is 230 g/mol. The van der Waals surface area contributed by atoms with Crippen molar-refractivity contribution in [3.63, 3.8) is 0 Å². The third-order valence-electron chi connectivity index (χ3n) is 4.61. The van der Waals surface area contributed by atoms with Crippen molar-refractivity contribution in [2.75, 3.05) is 7.05 Å². The first-order valence-corrected chi connectivity index (χ1v) is 8.12. The van der Waals surface area contributed by atoms with Gasteiger partial charge in [0, 0.05) is 6.04 Å². The Morgan fingerprint density at radius 3 is 2.37 bits per heavy atom. The van der Waals surface area contributed by atoms with Crippen molar-refractivity contribution < 1.29 is 0 Å². The summed E-state index contributed by atoms with van der Waals surface area (Å²) in [5, 5.41) is 3.45. The van der Waals surface area contributed by atoms with Gasteiger partial charge in [0.15, 0.2) is 0 Å². The van der Waals surface area contributed by atoms with Crippen molar-refractivity contribution in [3.05, 3.63) is 35.4 Å². The van der Waals surface area contributed by atoms with Gasteiger partial charge in [0.1, 0.15) is 0 Å². The standard InChI is InChI=1S/C18H29N/c1-3-4-10-18(19-2)17-13-11-16(12-14-17)15-8-6-5-7-9-15/h11-15,18-19H,3-10H2,1-2H3. The molecule has 1 N–H and O–H groups in total. The maximum Gasteiger partial charge on any atom is 0.0317 e. The number of hydrogen-bond donors (Lipinski definition) is 1. The predicted octanol–water partition coefficient (Wildman–Crippen LogP) is 5.19. The highest BCUT2D eigenvalue weighted by Gasteiger charge is 2.16. The van der Waals surface area contributed by atoms with Crippen molar-refractivity contribution in [2.45, 2.75) is 70.3 Å². The Balaban J connectivity index is 1.99. The molecular formula is C18H29N. The number of nitrogens with one attached hydrogen (secondary N) is 1. The molecule has 0 aliphatic heterocycles. The molecule has 1 nitrogen and oxygen atoms in total. The largest absolute Gasteiger partial charge is 0.313 e. The second kappa shape index (κ2) is 7.69. The van der Waals surface area contributed by atoms with Gasteiger partial charge in [-0.2, -0.15) is 0 Å². The lowest BCUT2D eigenvalue weighted by Gasteiger charge is -2.23. The van der Waals surface area contributed by atoms with Crippen LogP contribution in [0.4, 0.5) is 0 Å². The number of rotatable bonds is 6. The molecule has 106 valence electrons. The first kappa shape index (κ1) is 14.6. The average molecular weight is 259 g/mol. The molecule has 1 aromatic carbocycles. The van der Waals surface area contributed by atoms with E-state index in [-0.39, 0.29) is 0 Å². The average Bonchev–Trinajstić information content (AvgIpc) is 2.49. The lowest BCUT2D eigenvalue weighted by Crippen LogP contribution is -2.16. The Hall–Kier alpha value is -0.820. The third-order valence-corrected chi connectivity index (χ3v) is 4.61. The minimum Gasteiger partial charge on any atom is -0.313 e. The van der Waals surface area contributed by atoms with Crippen LogP contribution in [0.25, 0.3) is 0 Å². The number of unbranched alkanes of at least 4 members (excludes halogenated alkanes) is 1. The van der Waals surface area contributed by atoms with E-state index in [1.807, 2.05) is 0 Å². The molecule has 0 bridgehead atoms. The summed E-state index contributed by atoms with van der Waals surface area (Å²) in [7, 11) is 2.08. The molecule has 0 spiro atoms. The summed E-state index contributed by atoms with van der Waals surface area (Å²) < 4.78 is 0. The Morgan fingerprint density at radius 1 is 1.11 bits per heavy atom. The van der Waals surface area contributed by atoms with E-state index in [1.165, 1.54) is 56.9 Å². The van der Waals surface area contributed by atoms with E-state index in [2.05, 4.69) is 43.6 Å². The smallest absolute Gasteiger partial charge is 0.0317 e. The molecule has 0 heterocycles. The van der Waals surface area contributed by atoms with Gasteiger partial charge < -0.3 is 5.32 Å². The summed E-state index contributed by atoms with van der Waals surface area (Å²) in [5.74, 6) is 0.825. The third kappa shape index (κ3) is 4.07. The summed E-state index contributed by atoms with van der Waals surface area (Å²) in [4.78, 5) is 0. The fraction of sp³-hybridized carbons (Fsp3) is 0.667. The van der Waals surface area contributed by atoms with E-state index in [0.29, 0.717) is 6.04 Å². The van der Waals surface area contributed by atoms with Crippen LogP contribution < -0.4 is 5.32 Å². The molecule has 0 aromatic heterocycles. The zero-order chi connectivity index (χ0) is 13.5. The van der Waals surface area contributed by atoms with Gasteiger partial charge in [-0.25, -0.2) is 0 Å². The van der Waals surface area contributed by atoms with E-state index < -0.39 is 0 Å². The molecule has 1 unspecified atom stereocenters. The van der Waals surface area contributed by atoms with E-state index in [4.69, 9.17) is 0 Å². The van der Waals surface area contributed by atoms with Crippen molar-refractivity contribution in [3.8, 4) is 0 Å². The molecule has 2 rings (SSSR count). The van der Waals surface area contributed by atoms with E-state index in [9.17, 15) is 0 Å². The van der Waals surface area contributed by atoms with Gasteiger partial charge >= 0.3 is 0 Å². The maximum atomic E-state index is 3.45. The Labute approximate surface area is 118 Å². The monoisotopic (exact) mass is 259 g/mol. The summed E-state index contributed by atoms with van der Waals surface area (Å²) in [5.41, 5.74) is 3.02. The zero-order valence-electron chi connectivity index (χ0n) is 12.6. The topological polar surface area (TPSA) is 12.0 Å². The highest BCUT2D eigenvalue weighted by atomic mass is 14.9. The van der Waals surface area contributed by atoms with Gasteiger partial charge in [-0.05, 0) is 43.4 Å². The van der Waals surface area contributed by atoms with Crippen molar-refractivity contribution in [1.82, 2.24) is 5.32 Å². The second-order valence-electron chi connectivity index (χ2n) is 5.99. The van der Waals surface area contributed by atoms with Crippen molar-refractivity contribution in [2.24, 2.45) is 0 Å². The van der Waals surface area contributed by atoms with Crippen LogP contribution in [0.15, 0.2) is 24.3 Å². The fourth-order valence-corrected chi connectivity index (χ4v) is 3.32. The van der Waals surface area contributed by atoms with Crippen molar-refractivity contribution >= 4 is 0 Å². The van der Waals surface area contributed by atoms with Gasteiger partial charge in [0.2, 0.25) is 0 Å². The highest BCUT2D eigenvalue weighted by Crippen LogP contribution is 2.33. The Kier molecular flexibility index (Phi) is 5.91. The predicted molar refractivity (Wildman–Crippen MR) is 83.6 cm³/mol. The molecule has 0 radical (unpaired) electrons. The SMILES string of the molecule is CCCCC(NC)c1ccc(C2CCCCC2)cc1. The van der Waals surface area contributed by atoms with Gasteiger partial charge in [0.05, 0.1) is 0 Å². The van der Waals surface area contributed by atoms with Gasteiger partial charge in [-0.3, -0.25) is 0 Å². The molecule has 1 aliphatic carbocycles. The van der Waals surface area contributed by atoms with Crippen LogP contribution >= 0.6 is 0 Å². The van der Waals surface area contributed by atoms with Crippen LogP contribution in [0.1, 0.15) is 81.4 Å². The van der Waals surface area contributed by atoms with Gasteiger partial charge in [0.25, 0.3) is 0 Å². The maximum absolute atomic E-state index is 3.45. The first-order valence-electron chi connectivity index (χ1n) is 8.12. The van der Waals surface area contributed by atoms with E-state index >= 15 is 0 Å². The summed E-state index contributed by atoms with van der Waals surface area (Å²) in [6, 6.07) is 9.98.